The Labute approximate surface area is 134 Å². The molecular weight excluding hydrogens is 274 g/mol. The highest BCUT2D eigenvalue weighted by Crippen LogP contribution is 2.45. The Balaban J connectivity index is 2.61. The number of nitrogens with zero attached hydrogens (tertiary/aromatic N) is 1. The molecule has 0 aromatic heterocycles. The molecule has 2 atom stereocenters. The Kier molecular flexibility index (Phi) is 4.55. The number of hydrogen-bond acceptors (Lipinski definition) is 3. The lowest BCUT2D eigenvalue weighted by Gasteiger charge is -2.51. The second kappa shape index (κ2) is 5.94. The van der Waals surface area contributed by atoms with Crippen molar-refractivity contribution in [3.8, 4) is 0 Å². The van der Waals surface area contributed by atoms with E-state index in [0.717, 1.165) is 6.42 Å². The first kappa shape index (κ1) is 16.9. The van der Waals surface area contributed by atoms with Gasteiger partial charge in [0.2, 0.25) is 0 Å². The number of hydrogen-bond donors (Lipinski definition) is 0. The molecule has 1 aromatic rings. The van der Waals surface area contributed by atoms with Gasteiger partial charge in [0.1, 0.15) is 6.04 Å². The standard InChI is InChI=1S/C19H29NO2/c1-12(2)17(18(21)22-7)20-16-9-8-13(3)10-15(16)14(4)11-19(20,5)6/h8-10,12,14,17H,11H2,1-7H3. The highest BCUT2D eigenvalue weighted by molar-refractivity contribution is 5.82. The molecule has 1 aliphatic heterocycles. The zero-order chi connectivity index (χ0) is 16.7. The molecule has 0 spiro atoms. The van der Waals surface area contributed by atoms with E-state index >= 15 is 0 Å². The van der Waals surface area contributed by atoms with Gasteiger partial charge in [0, 0.05) is 11.2 Å². The van der Waals surface area contributed by atoms with Crippen LogP contribution in [0.15, 0.2) is 18.2 Å². The van der Waals surface area contributed by atoms with Crippen molar-refractivity contribution in [3.05, 3.63) is 29.3 Å². The summed E-state index contributed by atoms with van der Waals surface area (Å²) in [5, 5.41) is 0. The number of rotatable bonds is 3. The Morgan fingerprint density at radius 3 is 2.55 bits per heavy atom. The summed E-state index contributed by atoms with van der Waals surface area (Å²) in [7, 11) is 1.48. The van der Waals surface area contributed by atoms with E-state index in [1.807, 2.05) is 0 Å². The predicted molar refractivity (Wildman–Crippen MR) is 91.4 cm³/mol. The second-order valence-electron chi connectivity index (χ2n) is 7.56. The van der Waals surface area contributed by atoms with Crippen molar-refractivity contribution >= 4 is 11.7 Å². The molecule has 22 heavy (non-hydrogen) atoms. The third-order valence-electron chi connectivity index (χ3n) is 4.78. The van der Waals surface area contributed by atoms with Gasteiger partial charge in [-0.1, -0.05) is 38.5 Å². The maximum atomic E-state index is 12.4. The molecule has 0 fully saturated rings. The molecule has 122 valence electrons. The predicted octanol–water partition coefficient (Wildman–Crippen LogP) is 4.28. The summed E-state index contributed by atoms with van der Waals surface area (Å²) in [6, 6.07) is 6.31. The fraction of sp³-hybridized carbons (Fsp3) is 0.632. The van der Waals surface area contributed by atoms with Crippen LogP contribution in [0.1, 0.15) is 58.1 Å². The van der Waals surface area contributed by atoms with Crippen molar-refractivity contribution in [2.75, 3.05) is 12.0 Å². The number of carbonyl (C=O) groups is 1. The Hall–Kier alpha value is -1.51. The highest BCUT2D eigenvalue weighted by atomic mass is 16.5. The van der Waals surface area contributed by atoms with Crippen LogP contribution in [0.3, 0.4) is 0 Å². The molecule has 1 heterocycles. The normalized spacial score (nSPS) is 21.5. The average molecular weight is 303 g/mol. The van der Waals surface area contributed by atoms with Gasteiger partial charge in [-0.15, -0.1) is 0 Å². The summed E-state index contributed by atoms with van der Waals surface area (Å²) in [5.74, 6) is 0.532. The summed E-state index contributed by atoms with van der Waals surface area (Å²) >= 11 is 0. The minimum absolute atomic E-state index is 0.0786. The number of esters is 1. The van der Waals surface area contributed by atoms with Gasteiger partial charge >= 0.3 is 5.97 Å². The quantitative estimate of drug-likeness (QED) is 0.780. The Morgan fingerprint density at radius 2 is 2.00 bits per heavy atom. The third-order valence-corrected chi connectivity index (χ3v) is 4.78. The zero-order valence-electron chi connectivity index (χ0n) is 14.9. The van der Waals surface area contributed by atoms with Crippen LogP contribution >= 0.6 is 0 Å². The minimum atomic E-state index is -0.256. The van der Waals surface area contributed by atoms with Crippen LogP contribution in [0, 0.1) is 12.8 Å². The van der Waals surface area contributed by atoms with Crippen LogP contribution in [0.4, 0.5) is 5.69 Å². The molecular formula is C19H29NO2. The van der Waals surface area contributed by atoms with Crippen molar-refractivity contribution in [1.29, 1.82) is 0 Å². The number of anilines is 1. The largest absolute Gasteiger partial charge is 0.467 e. The van der Waals surface area contributed by atoms with Crippen molar-refractivity contribution < 1.29 is 9.53 Å². The summed E-state index contributed by atoms with van der Waals surface area (Å²) in [6.45, 7) is 13.0. The maximum Gasteiger partial charge on any atom is 0.328 e. The van der Waals surface area contributed by atoms with E-state index in [1.165, 1.54) is 23.9 Å². The molecule has 1 aromatic carbocycles. The fourth-order valence-corrected chi connectivity index (χ4v) is 3.89. The molecule has 0 amide bonds. The lowest BCUT2D eigenvalue weighted by molar-refractivity contribution is -0.143. The zero-order valence-corrected chi connectivity index (χ0v) is 14.9. The molecule has 0 bridgehead atoms. The average Bonchev–Trinajstić information content (AvgIpc) is 2.42. The van der Waals surface area contributed by atoms with Crippen molar-refractivity contribution in [3.63, 3.8) is 0 Å². The summed E-state index contributed by atoms with van der Waals surface area (Å²) < 4.78 is 5.11. The Bertz CT molecular complexity index is 563. The second-order valence-corrected chi connectivity index (χ2v) is 7.56. The van der Waals surface area contributed by atoms with Crippen LogP contribution in [-0.4, -0.2) is 24.7 Å². The first-order valence-electron chi connectivity index (χ1n) is 8.16. The number of ether oxygens (including phenoxy) is 1. The summed E-state index contributed by atoms with van der Waals surface area (Å²) in [5.41, 5.74) is 3.71. The number of fused-ring (bicyclic) bond motifs is 1. The van der Waals surface area contributed by atoms with Gasteiger partial charge in [0.05, 0.1) is 7.11 Å². The molecule has 0 saturated heterocycles. The minimum Gasteiger partial charge on any atom is -0.467 e. The van der Waals surface area contributed by atoms with Gasteiger partial charge in [-0.25, -0.2) is 4.79 Å². The molecule has 3 heteroatoms. The Morgan fingerprint density at radius 1 is 1.36 bits per heavy atom. The number of methoxy groups -OCH3 is 1. The SMILES string of the molecule is COC(=O)C(C(C)C)N1c2ccc(C)cc2C(C)CC1(C)C. The first-order chi connectivity index (χ1) is 10.2. The van der Waals surface area contributed by atoms with Gasteiger partial charge in [-0.05, 0) is 50.7 Å². The molecule has 0 radical (unpaired) electrons. The van der Waals surface area contributed by atoms with E-state index in [-0.39, 0.29) is 23.5 Å². The fourth-order valence-electron chi connectivity index (χ4n) is 3.89. The highest BCUT2D eigenvalue weighted by Gasteiger charge is 2.43. The van der Waals surface area contributed by atoms with Crippen LogP contribution in [0.5, 0.6) is 0 Å². The van der Waals surface area contributed by atoms with Crippen LogP contribution in [0.25, 0.3) is 0 Å². The van der Waals surface area contributed by atoms with Crippen molar-refractivity contribution in [1.82, 2.24) is 0 Å². The first-order valence-corrected chi connectivity index (χ1v) is 8.16. The summed E-state index contributed by atoms with van der Waals surface area (Å²) in [4.78, 5) is 14.7. The smallest absolute Gasteiger partial charge is 0.328 e. The van der Waals surface area contributed by atoms with E-state index in [1.54, 1.807) is 0 Å². The lowest BCUT2D eigenvalue weighted by atomic mass is 9.77. The van der Waals surface area contributed by atoms with Gasteiger partial charge in [-0.3, -0.25) is 0 Å². The molecule has 0 saturated carbocycles. The molecule has 3 nitrogen and oxygen atoms in total. The monoisotopic (exact) mass is 303 g/mol. The van der Waals surface area contributed by atoms with Gasteiger partial charge in [-0.2, -0.15) is 0 Å². The van der Waals surface area contributed by atoms with E-state index in [2.05, 4.69) is 64.6 Å². The van der Waals surface area contributed by atoms with Crippen LogP contribution in [-0.2, 0) is 9.53 Å². The number of aryl methyl sites for hydroxylation is 1. The van der Waals surface area contributed by atoms with Crippen molar-refractivity contribution in [2.24, 2.45) is 5.92 Å². The molecule has 0 N–H and O–H groups in total. The van der Waals surface area contributed by atoms with E-state index in [9.17, 15) is 4.79 Å². The molecule has 2 rings (SSSR count). The molecule has 2 unspecified atom stereocenters. The topological polar surface area (TPSA) is 29.5 Å². The molecule has 1 aliphatic rings. The van der Waals surface area contributed by atoms with Crippen LogP contribution in [0.2, 0.25) is 0 Å². The van der Waals surface area contributed by atoms with E-state index < -0.39 is 0 Å². The van der Waals surface area contributed by atoms with E-state index in [4.69, 9.17) is 4.74 Å². The number of benzene rings is 1. The van der Waals surface area contributed by atoms with Crippen molar-refractivity contribution in [2.45, 2.75) is 65.5 Å². The lowest BCUT2D eigenvalue weighted by Crippen LogP contribution is -2.58. The molecule has 0 aliphatic carbocycles. The van der Waals surface area contributed by atoms with Gasteiger partial charge < -0.3 is 9.64 Å². The summed E-state index contributed by atoms with van der Waals surface area (Å²) in [6.07, 6.45) is 1.03. The third kappa shape index (κ3) is 2.86. The van der Waals surface area contributed by atoms with Gasteiger partial charge in [0.15, 0.2) is 0 Å². The van der Waals surface area contributed by atoms with Crippen LogP contribution < -0.4 is 4.90 Å². The van der Waals surface area contributed by atoms with E-state index in [0.29, 0.717) is 5.92 Å². The van der Waals surface area contributed by atoms with Gasteiger partial charge in [0.25, 0.3) is 0 Å². The maximum absolute atomic E-state index is 12.4. The number of carbonyl (C=O) groups excluding carboxylic acids is 1.